The van der Waals surface area contributed by atoms with Gasteiger partial charge in [-0.15, -0.1) is 0 Å². The molecule has 4 rings (SSSR count). The first kappa shape index (κ1) is 21.2. The number of nitrogens with zero attached hydrogens (tertiary/aromatic N) is 9. The molecule has 0 bridgehead atoms. The van der Waals surface area contributed by atoms with Crippen LogP contribution < -0.4 is 0 Å². The van der Waals surface area contributed by atoms with Crippen LogP contribution in [0.2, 0.25) is 31.7 Å². The monoisotopic (exact) mass is 519 g/mol. The first-order valence-corrected chi connectivity index (χ1v) is 9.91. The number of benzene rings is 1. The van der Waals surface area contributed by atoms with Crippen molar-refractivity contribution >= 4 is 69.6 Å². The summed E-state index contributed by atoms with van der Waals surface area (Å²) in [5.74, 6) is 0.543. The molecule has 0 amide bonds. The van der Waals surface area contributed by atoms with Crippen molar-refractivity contribution in [3.63, 3.8) is 0 Å². The Morgan fingerprint density at radius 3 is 0.733 bits per heavy atom. The molecule has 0 spiro atoms. The van der Waals surface area contributed by atoms with E-state index in [1.165, 1.54) is 0 Å². The van der Waals surface area contributed by atoms with E-state index in [0.717, 1.165) is 0 Å². The molecule has 30 heavy (non-hydrogen) atoms. The fourth-order valence-corrected chi connectivity index (χ4v) is 3.47. The molecule has 4 aromatic rings. The van der Waals surface area contributed by atoms with Crippen molar-refractivity contribution in [2.75, 3.05) is 0 Å². The van der Waals surface area contributed by atoms with Crippen LogP contribution in [-0.4, -0.2) is 44.9 Å². The van der Waals surface area contributed by atoms with E-state index in [9.17, 15) is 0 Å². The van der Waals surface area contributed by atoms with Gasteiger partial charge in [-0.2, -0.15) is 44.9 Å². The molecule has 0 unspecified atom stereocenters. The van der Waals surface area contributed by atoms with Gasteiger partial charge in [-0.3, -0.25) is 0 Å². The van der Waals surface area contributed by atoms with Crippen molar-refractivity contribution in [3.8, 4) is 34.2 Å². The van der Waals surface area contributed by atoms with Crippen molar-refractivity contribution in [2.45, 2.75) is 0 Å². The largest absolute Gasteiger partial charge is 0.227 e. The minimum Gasteiger partial charge on any atom is -0.198 e. The lowest BCUT2D eigenvalue weighted by Crippen LogP contribution is -1.99. The van der Waals surface area contributed by atoms with E-state index in [0.29, 0.717) is 16.7 Å². The van der Waals surface area contributed by atoms with Crippen molar-refractivity contribution < 1.29 is 0 Å². The summed E-state index contributed by atoms with van der Waals surface area (Å²) in [6.45, 7) is 0. The average molecular weight is 522 g/mol. The molecule has 0 atom stereocenters. The second-order valence-electron chi connectivity index (χ2n) is 5.39. The Bertz CT molecular complexity index is 1060. The Kier molecular flexibility index (Phi) is 6.10. The van der Waals surface area contributed by atoms with Gasteiger partial charge in [0, 0.05) is 16.7 Å². The van der Waals surface area contributed by atoms with E-state index < -0.39 is 0 Å². The highest BCUT2D eigenvalue weighted by Gasteiger charge is 2.16. The smallest absolute Gasteiger partial charge is 0.198 e. The lowest BCUT2D eigenvalue weighted by atomic mass is 10.0. The molecule has 15 heteroatoms. The summed E-state index contributed by atoms with van der Waals surface area (Å²) < 4.78 is 0. The second-order valence-corrected chi connectivity index (χ2v) is 7.42. The van der Waals surface area contributed by atoms with Crippen LogP contribution in [0.3, 0.4) is 0 Å². The highest BCUT2D eigenvalue weighted by Crippen LogP contribution is 2.31. The van der Waals surface area contributed by atoms with E-state index in [4.69, 9.17) is 69.6 Å². The van der Waals surface area contributed by atoms with Gasteiger partial charge in [0.1, 0.15) is 0 Å². The fourth-order valence-electron chi connectivity index (χ4n) is 2.38. The number of aromatic nitrogens is 9. The molecule has 150 valence electrons. The van der Waals surface area contributed by atoms with Crippen LogP contribution in [-0.2, 0) is 0 Å². The highest BCUT2D eigenvalue weighted by molar-refractivity contribution is 6.32. The SMILES string of the molecule is Clc1nc(Cl)nc(-c2cc(-c3nc(Cl)nc(Cl)n3)cc(-c3nc(Cl)nc(Cl)n3)c2)n1. The Labute approximate surface area is 197 Å². The topological polar surface area (TPSA) is 116 Å². The third kappa shape index (κ3) is 4.83. The molecule has 1 aromatic carbocycles. The second kappa shape index (κ2) is 8.62. The minimum atomic E-state index is -0.0885. The summed E-state index contributed by atoms with van der Waals surface area (Å²) in [5.41, 5.74) is 1.40. The zero-order chi connectivity index (χ0) is 21.4. The molecule has 0 N–H and O–H groups in total. The lowest BCUT2D eigenvalue weighted by Gasteiger charge is -2.09. The molecule has 0 aliphatic carbocycles. The molecular weight excluding hydrogens is 519 g/mol. The fraction of sp³-hybridized carbons (Fsp3) is 0. The van der Waals surface area contributed by atoms with Gasteiger partial charge >= 0.3 is 0 Å². The van der Waals surface area contributed by atoms with Crippen molar-refractivity contribution in [1.82, 2.24) is 44.9 Å². The molecule has 9 nitrogen and oxygen atoms in total. The normalized spacial score (nSPS) is 11.0. The van der Waals surface area contributed by atoms with Gasteiger partial charge in [0.2, 0.25) is 31.7 Å². The Balaban J connectivity index is 1.98. The van der Waals surface area contributed by atoms with E-state index in [1.807, 2.05) is 0 Å². The maximum Gasteiger partial charge on any atom is 0.227 e. The molecule has 0 radical (unpaired) electrons. The van der Waals surface area contributed by atoms with E-state index in [1.54, 1.807) is 18.2 Å². The molecule has 0 saturated heterocycles. The standard InChI is InChI=1S/C15H3Cl6N9/c16-10-22-7(23-11(17)28-10)4-1-5(8-24-12(18)29-13(19)25-8)3-6(2-4)9-26-14(20)30-15(21)27-9/h1-3H. The van der Waals surface area contributed by atoms with Crippen molar-refractivity contribution in [1.29, 1.82) is 0 Å². The Morgan fingerprint density at radius 1 is 0.333 bits per heavy atom. The third-order valence-corrected chi connectivity index (χ3v) is 4.46. The lowest BCUT2D eigenvalue weighted by molar-refractivity contribution is 1.04. The maximum atomic E-state index is 5.91. The molecule has 3 heterocycles. The summed E-state index contributed by atoms with van der Waals surface area (Å²) in [6.07, 6.45) is 0. The number of rotatable bonds is 3. The summed E-state index contributed by atoms with van der Waals surface area (Å²) in [4.78, 5) is 35.8. The van der Waals surface area contributed by atoms with E-state index in [2.05, 4.69) is 44.9 Å². The van der Waals surface area contributed by atoms with Crippen LogP contribution in [0, 0.1) is 0 Å². The zero-order valence-corrected chi connectivity index (χ0v) is 18.6. The average Bonchev–Trinajstić information content (AvgIpc) is 2.65. The van der Waals surface area contributed by atoms with Crippen molar-refractivity contribution in [3.05, 3.63) is 49.9 Å². The molecular formula is C15H3Cl6N9. The van der Waals surface area contributed by atoms with Crippen LogP contribution >= 0.6 is 69.6 Å². The number of hydrogen-bond donors (Lipinski definition) is 0. The number of halogens is 6. The summed E-state index contributed by atoms with van der Waals surface area (Å²) in [7, 11) is 0. The molecule has 0 fully saturated rings. The van der Waals surface area contributed by atoms with Gasteiger partial charge in [0.25, 0.3) is 0 Å². The third-order valence-electron chi connectivity index (χ3n) is 3.45. The van der Waals surface area contributed by atoms with E-state index in [-0.39, 0.29) is 49.2 Å². The number of hydrogen-bond acceptors (Lipinski definition) is 9. The minimum absolute atomic E-state index is 0.0885. The van der Waals surface area contributed by atoms with Gasteiger partial charge < -0.3 is 0 Å². The summed E-state index contributed by atoms with van der Waals surface area (Å²) in [5, 5.41) is -0.531. The predicted octanol–water partition coefficient (Wildman–Crippen LogP) is 5.16. The van der Waals surface area contributed by atoms with Crippen LogP contribution in [0.25, 0.3) is 34.2 Å². The quantitative estimate of drug-likeness (QED) is 0.360. The predicted molar refractivity (Wildman–Crippen MR) is 113 cm³/mol. The van der Waals surface area contributed by atoms with Gasteiger partial charge in [-0.05, 0) is 87.8 Å². The first-order valence-electron chi connectivity index (χ1n) is 7.64. The van der Waals surface area contributed by atoms with Crippen molar-refractivity contribution in [2.24, 2.45) is 0 Å². The van der Waals surface area contributed by atoms with Gasteiger partial charge in [0.05, 0.1) is 0 Å². The molecule has 3 aromatic heterocycles. The molecule has 0 aliphatic heterocycles. The first-order chi connectivity index (χ1) is 14.3. The molecule has 0 aliphatic rings. The highest BCUT2D eigenvalue weighted by atomic mass is 35.5. The van der Waals surface area contributed by atoms with Crippen LogP contribution in [0.4, 0.5) is 0 Å². The Morgan fingerprint density at radius 2 is 0.533 bits per heavy atom. The molecule has 0 saturated carbocycles. The van der Waals surface area contributed by atoms with Crippen LogP contribution in [0.15, 0.2) is 18.2 Å². The maximum absolute atomic E-state index is 5.91. The summed E-state index contributed by atoms with van der Waals surface area (Å²) in [6, 6.07) is 4.99. The van der Waals surface area contributed by atoms with Crippen LogP contribution in [0.1, 0.15) is 0 Å². The van der Waals surface area contributed by atoms with Gasteiger partial charge in [0.15, 0.2) is 17.5 Å². The van der Waals surface area contributed by atoms with Crippen LogP contribution in [0.5, 0.6) is 0 Å². The van der Waals surface area contributed by atoms with Gasteiger partial charge in [-0.1, -0.05) is 0 Å². The van der Waals surface area contributed by atoms with E-state index >= 15 is 0 Å². The zero-order valence-electron chi connectivity index (χ0n) is 14.0. The summed E-state index contributed by atoms with van der Waals surface area (Å²) >= 11 is 35.5. The Hall–Kier alpha value is -2.01. The van der Waals surface area contributed by atoms with Gasteiger partial charge in [-0.25, -0.2) is 0 Å².